The van der Waals surface area contributed by atoms with Crippen LogP contribution in [0.3, 0.4) is 0 Å². The highest BCUT2D eigenvalue weighted by Crippen LogP contribution is 2.31. The number of carbonyl (C=O) groups excluding carboxylic acids is 1. The molecule has 0 saturated heterocycles. The first-order valence-corrected chi connectivity index (χ1v) is 7.67. The van der Waals surface area contributed by atoms with Crippen molar-refractivity contribution in [2.45, 2.75) is 64.8 Å². The van der Waals surface area contributed by atoms with Crippen molar-refractivity contribution in [1.29, 1.82) is 0 Å². The van der Waals surface area contributed by atoms with E-state index in [2.05, 4.69) is 19.2 Å². The zero-order valence-electron chi connectivity index (χ0n) is 12.9. The fraction of sp³-hybridized carbons (Fsp3) is 0.867. The molecule has 5 nitrogen and oxygen atoms in total. The minimum Gasteiger partial charge on any atom is -0.481 e. The smallest absolute Gasteiger partial charge is 0.317 e. The van der Waals surface area contributed by atoms with E-state index in [0.717, 1.165) is 32.1 Å². The maximum absolute atomic E-state index is 12.4. The Kier molecular flexibility index (Phi) is 6.30. The van der Waals surface area contributed by atoms with Gasteiger partial charge in [-0.05, 0) is 25.7 Å². The number of hydrogen-bond donors (Lipinski definition) is 2. The highest BCUT2D eigenvalue weighted by atomic mass is 16.4. The van der Waals surface area contributed by atoms with Crippen LogP contribution in [0.15, 0.2) is 0 Å². The first kappa shape index (κ1) is 16.8. The molecule has 2 amide bonds. The summed E-state index contributed by atoms with van der Waals surface area (Å²) in [6.45, 7) is 7.44. The lowest BCUT2D eigenvalue weighted by Gasteiger charge is -2.38. The first-order chi connectivity index (χ1) is 9.38. The minimum absolute atomic E-state index is 0.0258. The van der Waals surface area contributed by atoms with E-state index in [1.165, 1.54) is 0 Å². The number of carboxylic acids is 1. The summed E-state index contributed by atoms with van der Waals surface area (Å²) in [6.07, 6.45) is 4.67. The summed E-state index contributed by atoms with van der Waals surface area (Å²) >= 11 is 0. The molecule has 1 fully saturated rings. The van der Waals surface area contributed by atoms with E-state index < -0.39 is 11.5 Å². The van der Waals surface area contributed by atoms with Gasteiger partial charge in [-0.2, -0.15) is 0 Å². The Morgan fingerprint density at radius 1 is 1.25 bits per heavy atom. The summed E-state index contributed by atoms with van der Waals surface area (Å²) in [4.78, 5) is 25.3. The molecule has 1 aliphatic rings. The molecule has 0 heterocycles. The topological polar surface area (TPSA) is 69.6 Å². The van der Waals surface area contributed by atoms with E-state index in [1.54, 1.807) is 4.90 Å². The molecule has 0 spiro atoms. The third-order valence-corrected chi connectivity index (χ3v) is 3.93. The molecule has 0 atom stereocenters. The maximum atomic E-state index is 12.4. The van der Waals surface area contributed by atoms with E-state index in [0.29, 0.717) is 19.0 Å². The third-order valence-electron chi connectivity index (χ3n) is 3.93. The molecule has 1 saturated carbocycles. The molecule has 20 heavy (non-hydrogen) atoms. The number of urea groups is 1. The molecule has 0 aromatic rings. The Balaban J connectivity index is 2.72. The van der Waals surface area contributed by atoms with Crippen LogP contribution in [-0.2, 0) is 4.79 Å². The van der Waals surface area contributed by atoms with Crippen LogP contribution in [-0.4, -0.2) is 40.6 Å². The van der Waals surface area contributed by atoms with E-state index >= 15 is 0 Å². The van der Waals surface area contributed by atoms with Gasteiger partial charge in [-0.1, -0.05) is 33.1 Å². The number of nitrogens with one attached hydrogen (secondary N) is 1. The van der Waals surface area contributed by atoms with Crippen molar-refractivity contribution >= 4 is 12.0 Å². The van der Waals surface area contributed by atoms with Crippen molar-refractivity contribution in [2.75, 3.05) is 13.1 Å². The Bertz CT molecular complexity index is 336. The summed E-state index contributed by atoms with van der Waals surface area (Å²) in [5.74, 6) is -0.429. The van der Waals surface area contributed by atoms with Crippen LogP contribution in [0.5, 0.6) is 0 Å². The number of rotatable bonds is 6. The van der Waals surface area contributed by atoms with Gasteiger partial charge in [0.2, 0.25) is 0 Å². The van der Waals surface area contributed by atoms with E-state index in [9.17, 15) is 9.59 Å². The Hall–Kier alpha value is -1.26. The van der Waals surface area contributed by atoms with Crippen LogP contribution in [0.25, 0.3) is 0 Å². The number of carboxylic acid groups (broad SMARTS) is 1. The number of aliphatic carboxylic acids is 1. The van der Waals surface area contributed by atoms with Crippen LogP contribution in [0.4, 0.5) is 4.79 Å². The Labute approximate surface area is 121 Å². The van der Waals surface area contributed by atoms with Crippen LogP contribution in [0.2, 0.25) is 0 Å². The highest BCUT2D eigenvalue weighted by Gasteiger charge is 2.36. The predicted molar refractivity (Wildman–Crippen MR) is 78.7 cm³/mol. The summed E-state index contributed by atoms with van der Waals surface area (Å²) in [5.41, 5.74) is -0.550. The van der Waals surface area contributed by atoms with E-state index in [4.69, 9.17) is 5.11 Å². The summed E-state index contributed by atoms with van der Waals surface area (Å²) < 4.78 is 0. The zero-order valence-corrected chi connectivity index (χ0v) is 12.9. The van der Waals surface area contributed by atoms with Gasteiger partial charge in [0.1, 0.15) is 0 Å². The molecule has 0 aromatic heterocycles. The number of nitrogens with zero attached hydrogens (tertiary/aromatic N) is 1. The second-order valence-corrected chi connectivity index (χ2v) is 6.27. The fourth-order valence-electron chi connectivity index (χ4n) is 2.97. The van der Waals surface area contributed by atoms with Crippen LogP contribution in [0.1, 0.15) is 59.3 Å². The van der Waals surface area contributed by atoms with E-state index in [-0.39, 0.29) is 12.5 Å². The van der Waals surface area contributed by atoms with E-state index in [1.807, 2.05) is 6.92 Å². The molecule has 0 bridgehead atoms. The SMILES string of the molecule is CCN(CC(C)C)C(=O)NC1(CC(=O)O)CCCCC1. The third kappa shape index (κ3) is 5.02. The molecule has 1 aliphatic carbocycles. The van der Waals surface area contributed by atoms with Crippen LogP contribution < -0.4 is 5.32 Å². The molecule has 0 unspecified atom stereocenters. The van der Waals surface area contributed by atoms with Gasteiger partial charge in [0.25, 0.3) is 0 Å². The number of amides is 2. The van der Waals surface area contributed by atoms with Crippen LogP contribution in [0, 0.1) is 5.92 Å². The second kappa shape index (κ2) is 7.50. The van der Waals surface area contributed by atoms with Gasteiger partial charge >= 0.3 is 12.0 Å². The molecule has 2 N–H and O–H groups in total. The minimum atomic E-state index is -0.834. The lowest BCUT2D eigenvalue weighted by Crippen LogP contribution is -2.55. The van der Waals surface area contributed by atoms with Gasteiger partial charge in [-0.15, -0.1) is 0 Å². The lowest BCUT2D eigenvalue weighted by atomic mass is 9.79. The second-order valence-electron chi connectivity index (χ2n) is 6.27. The van der Waals surface area contributed by atoms with Crippen molar-refractivity contribution in [2.24, 2.45) is 5.92 Å². The molecule has 0 radical (unpaired) electrons. The van der Waals surface area contributed by atoms with Crippen LogP contribution >= 0.6 is 0 Å². The van der Waals surface area contributed by atoms with Crippen molar-refractivity contribution < 1.29 is 14.7 Å². The largest absolute Gasteiger partial charge is 0.481 e. The summed E-state index contributed by atoms with van der Waals surface area (Å²) in [5, 5.41) is 12.1. The monoisotopic (exact) mass is 284 g/mol. The molecule has 1 rings (SSSR count). The van der Waals surface area contributed by atoms with Crippen molar-refractivity contribution in [3.05, 3.63) is 0 Å². The Morgan fingerprint density at radius 3 is 2.30 bits per heavy atom. The number of hydrogen-bond acceptors (Lipinski definition) is 2. The van der Waals surface area contributed by atoms with Gasteiger partial charge in [0.15, 0.2) is 0 Å². The standard InChI is InChI=1S/C15H28N2O3/c1-4-17(11-12(2)3)14(20)16-15(10-13(18)19)8-6-5-7-9-15/h12H,4-11H2,1-3H3,(H,16,20)(H,18,19). The highest BCUT2D eigenvalue weighted by molar-refractivity contribution is 5.77. The Morgan fingerprint density at radius 2 is 1.85 bits per heavy atom. The summed E-state index contributed by atoms with van der Waals surface area (Å²) in [6, 6.07) is -0.121. The van der Waals surface area contributed by atoms with Gasteiger partial charge in [-0.25, -0.2) is 4.79 Å². The maximum Gasteiger partial charge on any atom is 0.317 e. The first-order valence-electron chi connectivity index (χ1n) is 7.67. The van der Waals surface area contributed by atoms with Gasteiger partial charge in [0, 0.05) is 13.1 Å². The average Bonchev–Trinajstić information content (AvgIpc) is 2.35. The molecule has 0 aliphatic heterocycles. The quantitative estimate of drug-likeness (QED) is 0.788. The van der Waals surface area contributed by atoms with Crippen molar-refractivity contribution in [3.8, 4) is 0 Å². The molecule has 5 heteroatoms. The average molecular weight is 284 g/mol. The molecule has 116 valence electrons. The molecule has 0 aromatic carbocycles. The summed E-state index contributed by atoms with van der Waals surface area (Å²) in [7, 11) is 0. The van der Waals surface area contributed by atoms with Gasteiger partial charge < -0.3 is 15.3 Å². The fourth-order valence-corrected chi connectivity index (χ4v) is 2.97. The van der Waals surface area contributed by atoms with Gasteiger partial charge in [-0.3, -0.25) is 4.79 Å². The lowest BCUT2D eigenvalue weighted by molar-refractivity contribution is -0.139. The molecular weight excluding hydrogens is 256 g/mol. The molecular formula is C15H28N2O3. The van der Waals surface area contributed by atoms with Crippen molar-refractivity contribution in [1.82, 2.24) is 10.2 Å². The predicted octanol–water partition coefficient (Wildman–Crippen LogP) is 2.85. The normalized spacial score (nSPS) is 17.8. The van der Waals surface area contributed by atoms with Gasteiger partial charge in [0.05, 0.1) is 12.0 Å². The number of carbonyl (C=O) groups is 2. The zero-order chi connectivity index (χ0) is 15.2. The van der Waals surface area contributed by atoms with Crippen molar-refractivity contribution in [3.63, 3.8) is 0 Å².